The Morgan fingerprint density at radius 1 is 0.969 bits per heavy atom. The minimum Gasteiger partial charge on any atom is -0.390 e. The molecule has 4 aliphatic carbocycles. The zero-order valence-electron chi connectivity index (χ0n) is 21.8. The predicted octanol–water partition coefficient (Wildman–Crippen LogP) is 6.66. The minimum absolute atomic E-state index is 0.276. The summed E-state index contributed by atoms with van der Waals surface area (Å²) in [6.07, 6.45) is 16.6. The fourth-order valence-corrected chi connectivity index (χ4v) is 8.46. The number of hydrogen-bond donors (Lipinski definition) is 2. The smallest absolute Gasteiger partial charge is 0.0824 e. The van der Waals surface area contributed by atoms with Crippen molar-refractivity contribution >= 4 is 0 Å². The average Bonchev–Trinajstić information content (AvgIpc) is 3.01. The third-order valence-electron chi connectivity index (χ3n) is 10.3. The zero-order valence-corrected chi connectivity index (χ0v) is 21.8. The molecule has 0 bridgehead atoms. The Balaban J connectivity index is 1.42. The second-order valence-electron chi connectivity index (χ2n) is 13.8. The van der Waals surface area contributed by atoms with Crippen LogP contribution in [0.3, 0.4) is 0 Å². The highest BCUT2D eigenvalue weighted by Gasteiger charge is 2.58. The Hall–Kier alpha value is -0.380. The summed E-state index contributed by atoms with van der Waals surface area (Å²) in [4.78, 5) is 0. The molecule has 3 saturated carbocycles. The van der Waals surface area contributed by atoms with Crippen LogP contribution in [0.4, 0.5) is 0 Å². The quantitative estimate of drug-likeness (QED) is 0.430. The van der Waals surface area contributed by atoms with Crippen molar-refractivity contribution in [2.24, 2.45) is 34.5 Å². The second-order valence-corrected chi connectivity index (χ2v) is 13.8. The van der Waals surface area contributed by atoms with Gasteiger partial charge in [-0.15, -0.1) is 0 Å². The molecule has 0 heterocycles. The monoisotopic (exact) mass is 446 g/mol. The fourth-order valence-electron chi connectivity index (χ4n) is 8.46. The second kappa shape index (κ2) is 8.68. The zero-order chi connectivity index (χ0) is 23.4. The van der Waals surface area contributed by atoms with Crippen molar-refractivity contribution in [3.05, 3.63) is 11.6 Å². The third kappa shape index (κ3) is 4.86. The molecule has 4 rings (SSSR count). The lowest BCUT2D eigenvalue weighted by Gasteiger charge is -2.58. The SMILES string of the molecule is CC(C)(O)CCCC1CCC2C3CC=C4CC(OCC(C)(C)O)CCC4(C)C3CCC12C. The molecule has 3 nitrogen and oxygen atoms in total. The number of ether oxygens (including phenoxy) is 1. The highest BCUT2D eigenvalue weighted by atomic mass is 16.5. The van der Waals surface area contributed by atoms with E-state index in [0.717, 1.165) is 42.9 Å². The highest BCUT2D eigenvalue weighted by molar-refractivity contribution is 5.25. The number of hydrogen-bond acceptors (Lipinski definition) is 3. The van der Waals surface area contributed by atoms with E-state index in [1.807, 2.05) is 27.7 Å². The standard InChI is InChI=1S/C29H50O3/c1-26(2,30)15-7-8-20-10-12-24-23-11-9-21-18-22(32-19-27(3,4)31)13-16-29(21,6)25(23)14-17-28(20,24)5/h9,20,22-25,30-31H,7-8,10-19H2,1-6H3. The van der Waals surface area contributed by atoms with Gasteiger partial charge in [-0.25, -0.2) is 0 Å². The van der Waals surface area contributed by atoms with E-state index in [1.54, 1.807) is 5.57 Å². The van der Waals surface area contributed by atoms with Crippen molar-refractivity contribution in [1.29, 1.82) is 0 Å². The Labute approximate surface area is 197 Å². The maximum Gasteiger partial charge on any atom is 0.0824 e. The van der Waals surface area contributed by atoms with Crippen LogP contribution in [0.1, 0.15) is 112 Å². The van der Waals surface area contributed by atoms with Gasteiger partial charge in [0, 0.05) is 0 Å². The van der Waals surface area contributed by atoms with Gasteiger partial charge in [-0.3, -0.25) is 0 Å². The van der Waals surface area contributed by atoms with Crippen molar-refractivity contribution < 1.29 is 14.9 Å². The minimum atomic E-state index is -0.743. The Bertz CT molecular complexity index is 698. The van der Waals surface area contributed by atoms with E-state index in [-0.39, 0.29) is 6.10 Å². The van der Waals surface area contributed by atoms with Gasteiger partial charge in [-0.05, 0) is 126 Å². The molecular formula is C29H50O3. The van der Waals surface area contributed by atoms with Crippen molar-refractivity contribution in [1.82, 2.24) is 0 Å². The molecule has 184 valence electrons. The summed E-state index contributed by atoms with van der Waals surface area (Å²) in [5.74, 6) is 3.42. The highest BCUT2D eigenvalue weighted by Crippen LogP contribution is 2.66. The normalized spacial score (nSPS) is 42.1. The lowest BCUT2D eigenvalue weighted by Crippen LogP contribution is -2.50. The van der Waals surface area contributed by atoms with Crippen LogP contribution in [0.15, 0.2) is 11.6 Å². The average molecular weight is 447 g/mol. The van der Waals surface area contributed by atoms with Crippen LogP contribution in [0.5, 0.6) is 0 Å². The van der Waals surface area contributed by atoms with Crippen LogP contribution in [-0.4, -0.2) is 34.1 Å². The molecule has 0 spiro atoms. The van der Waals surface area contributed by atoms with Gasteiger partial charge in [-0.1, -0.05) is 31.9 Å². The summed E-state index contributed by atoms with van der Waals surface area (Å²) >= 11 is 0. The Morgan fingerprint density at radius 3 is 2.41 bits per heavy atom. The molecule has 0 amide bonds. The van der Waals surface area contributed by atoms with Crippen molar-refractivity contribution in [3.63, 3.8) is 0 Å². The summed E-state index contributed by atoms with van der Waals surface area (Å²) in [5, 5.41) is 20.2. The van der Waals surface area contributed by atoms with Gasteiger partial charge >= 0.3 is 0 Å². The van der Waals surface area contributed by atoms with Crippen LogP contribution < -0.4 is 0 Å². The number of allylic oxidation sites excluding steroid dienone is 1. The summed E-state index contributed by atoms with van der Waals surface area (Å²) in [7, 11) is 0. The van der Waals surface area contributed by atoms with Crippen LogP contribution in [0, 0.1) is 34.5 Å². The lowest BCUT2D eigenvalue weighted by molar-refractivity contribution is -0.0826. The van der Waals surface area contributed by atoms with E-state index < -0.39 is 11.2 Å². The first-order chi connectivity index (χ1) is 14.8. The Kier molecular flexibility index (Phi) is 6.71. The van der Waals surface area contributed by atoms with Crippen molar-refractivity contribution in [3.8, 4) is 0 Å². The predicted molar refractivity (Wildman–Crippen MR) is 131 cm³/mol. The lowest BCUT2D eigenvalue weighted by atomic mass is 9.47. The molecule has 3 heteroatoms. The van der Waals surface area contributed by atoms with Gasteiger partial charge < -0.3 is 14.9 Å². The molecule has 4 aliphatic rings. The van der Waals surface area contributed by atoms with Gasteiger partial charge in [0.25, 0.3) is 0 Å². The molecule has 0 aromatic heterocycles. The van der Waals surface area contributed by atoms with E-state index >= 15 is 0 Å². The fraction of sp³-hybridized carbons (Fsp3) is 0.931. The molecule has 32 heavy (non-hydrogen) atoms. The molecular weight excluding hydrogens is 396 g/mol. The molecule has 0 saturated heterocycles. The Morgan fingerprint density at radius 2 is 1.72 bits per heavy atom. The van der Waals surface area contributed by atoms with Crippen LogP contribution in [0.2, 0.25) is 0 Å². The number of fused-ring (bicyclic) bond motifs is 5. The molecule has 0 aromatic carbocycles. The summed E-state index contributed by atoms with van der Waals surface area (Å²) in [6.45, 7) is 13.2. The molecule has 0 radical (unpaired) electrons. The maximum absolute atomic E-state index is 10.1. The van der Waals surface area contributed by atoms with Crippen molar-refractivity contribution in [2.45, 2.75) is 129 Å². The summed E-state index contributed by atoms with van der Waals surface area (Å²) in [6, 6.07) is 0. The van der Waals surface area contributed by atoms with Crippen LogP contribution >= 0.6 is 0 Å². The molecule has 2 N–H and O–H groups in total. The molecule has 0 aliphatic heterocycles. The van der Waals surface area contributed by atoms with E-state index in [4.69, 9.17) is 4.74 Å². The summed E-state index contributed by atoms with van der Waals surface area (Å²) < 4.78 is 6.13. The van der Waals surface area contributed by atoms with Crippen molar-refractivity contribution in [2.75, 3.05) is 6.61 Å². The molecule has 7 atom stereocenters. The van der Waals surface area contributed by atoms with E-state index in [2.05, 4.69) is 19.9 Å². The first kappa shape index (κ1) is 24.7. The van der Waals surface area contributed by atoms with Crippen LogP contribution in [-0.2, 0) is 4.74 Å². The van der Waals surface area contributed by atoms with Gasteiger partial charge in [-0.2, -0.15) is 0 Å². The third-order valence-corrected chi connectivity index (χ3v) is 10.3. The van der Waals surface area contributed by atoms with E-state index in [0.29, 0.717) is 17.4 Å². The van der Waals surface area contributed by atoms with E-state index in [9.17, 15) is 10.2 Å². The summed E-state index contributed by atoms with van der Waals surface area (Å²) in [5.41, 5.74) is 1.26. The number of rotatable bonds is 7. The first-order valence-electron chi connectivity index (χ1n) is 13.6. The van der Waals surface area contributed by atoms with Gasteiger partial charge in [0.15, 0.2) is 0 Å². The van der Waals surface area contributed by atoms with Crippen LogP contribution in [0.25, 0.3) is 0 Å². The molecule has 7 unspecified atom stereocenters. The van der Waals surface area contributed by atoms with Gasteiger partial charge in [0.1, 0.15) is 0 Å². The maximum atomic E-state index is 10.1. The topological polar surface area (TPSA) is 49.7 Å². The van der Waals surface area contributed by atoms with Gasteiger partial charge in [0.05, 0.1) is 23.9 Å². The first-order valence-corrected chi connectivity index (χ1v) is 13.6. The van der Waals surface area contributed by atoms with E-state index in [1.165, 1.54) is 51.4 Å². The van der Waals surface area contributed by atoms with Gasteiger partial charge in [0.2, 0.25) is 0 Å². The largest absolute Gasteiger partial charge is 0.390 e. The molecule has 0 aromatic rings. The number of aliphatic hydroxyl groups is 2. The molecule has 3 fully saturated rings.